The Balaban J connectivity index is 1.44. The summed E-state index contributed by atoms with van der Waals surface area (Å²) in [7, 11) is 3.23. The molecule has 0 bridgehead atoms. The maximum absolute atomic E-state index is 5.59. The molecule has 0 spiro atoms. The molecular weight excluding hydrogens is 386 g/mol. The Morgan fingerprint density at radius 3 is 2.78 bits per heavy atom. The van der Waals surface area contributed by atoms with Crippen LogP contribution in [0.25, 0.3) is 22.2 Å². The number of furan rings is 1. The molecule has 7 nitrogen and oxygen atoms in total. The number of aromatic nitrogens is 3. The summed E-state index contributed by atoms with van der Waals surface area (Å²) in [6.45, 7) is 0. The molecule has 4 aromatic rings. The predicted octanol–water partition coefficient (Wildman–Crippen LogP) is 4.76. The van der Waals surface area contributed by atoms with Gasteiger partial charge in [-0.1, -0.05) is 11.8 Å². The zero-order valence-corrected chi connectivity index (χ0v) is 16.2. The van der Waals surface area contributed by atoms with E-state index in [1.807, 2.05) is 23.6 Å². The van der Waals surface area contributed by atoms with Crippen LogP contribution in [0, 0.1) is 0 Å². The number of thiazole rings is 1. The summed E-state index contributed by atoms with van der Waals surface area (Å²) >= 11 is 3.00. The highest BCUT2D eigenvalue weighted by atomic mass is 32.2. The first kappa shape index (κ1) is 17.6. The molecule has 0 radical (unpaired) electrons. The highest BCUT2D eigenvalue weighted by Gasteiger charge is 2.13. The maximum atomic E-state index is 5.59. The average molecular weight is 401 g/mol. The minimum atomic E-state index is 0.367. The summed E-state index contributed by atoms with van der Waals surface area (Å²) in [5.74, 6) is 2.92. The van der Waals surface area contributed by atoms with E-state index < -0.39 is 0 Å². The molecule has 0 fully saturated rings. The van der Waals surface area contributed by atoms with E-state index in [2.05, 4.69) is 15.2 Å². The van der Waals surface area contributed by atoms with E-state index in [4.69, 9.17) is 18.3 Å². The molecule has 3 aromatic heterocycles. The van der Waals surface area contributed by atoms with Crippen molar-refractivity contribution in [3.05, 3.63) is 47.7 Å². The van der Waals surface area contributed by atoms with Crippen LogP contribution in [0.3, 0.4) is 0 Å². The summed E-state index contributed by atoms with van der Waals surface area (Å²) in [5.41, 5.74) is 1.92. The van der Waals surface area contributed by atoms with Gasteiger partial charge in [0.25, 0.3) is 11.1 Å². The number of hydrogen-bond donors (Lipinski definition) is 0. The van der Waals surface area contributed by atoms with Crippen molar-refractivity contribution in [2.24, 2.45) is 0 Å². The number of nitrogens with zero attached hydrogens (tertiary/aromatic N) is 3. The topological polar surface area (TPSA) is 83.4 Å². The quantitative estimate of drug-likeness (QED) is 0.410. The molecule has 4 rings (SSSR count). The number of hydrogen-bond acceptors (Lipinski definition) is 9. The maximum Gasteiger partial charge on any atom is 0.284 e. The molecule has 1 aromatic carbocycles. The second kappa shape index (κ2) is 7.85. The Hall–Kier alpha value is -2.78. The molecule has 0 unspecified atom stereocenters. The van der Waals surface area contributed by atoms with Crippen LogP contribution in [-0.4, -0.2) is 29.4 Å². The molecule has 0 aliphatic rings. The number of ether oxygens (including phenoxy) is 2. The highest BCUT2D eigenvalue weighted by molar-refractivity contribution is 7.98. The number of benzene rings is 1. The Labute approximate surface area is 163 Å². The zero-order chi connectivity index (χ0) is 18.6. The van der Waals surface area contributed by atoms with Crippen LogP contribution in [0.5, 0.6) is 11.5 Å². The number of thioether (sulfide) groups is 1. The molecule has 0 saturated heterocycles. The van der Waals surface area contributed by atoms with Crippen molar-refractivity contribution in [1.29, 1.82) is 0 Å². The molecule has 0 atom stereocenters. The van der Waals surface area contributed by atoms with Crippen molar-refractivity contribution in [3.8, 4) is 33.7 Å². The summed E-state index contributed by atoms with van der Waals surface area (Å²) in [4.78, 5) is 4.68. The fourth-order valence-corrected chi connectivity index (χ4v) is 3.96. The van der Waals surface area contributed by atoms with Gasteiger partial charge < -0.3 is 18.3 Å². The third-order valence-electron chi connectivity index (χ3n) is 3.66. The van der Waals surface area contributed by atoms with Gasteiger partial charge >= 0.3 is 0 Å². The van der Waals surface area contributed by atoms with Gasteiger partial charge in [0.1, 0.15) is 5.01 Å². The van der Waals surface area contributed by atoms with Gasteiger partial charge in [0.15, 0.2) is 17.3 Å². The summed E-state index contributed by atoms with van der Waals surface area (Å²) in [6, 6.07) is 9.31. The molecule has 0 aliphatic carbocycles. The summed E-state index contributed by atoms with van der Waals surface area (Å²) in [5, 5.41) is 11.4. The van der Waals surface area contributed by atoms with Crippen molar-refractivity contribution in [2.75, 3.05) is 14.2 Å². The van der Waals surface area contributed by atoms with Crippen LogP contribution in [0.15, 0.2) is 56.0 Å². The van der Waals surface area contributed by atoms with Crippen LogP contribution in [0.4, 0.5) is 0 Å². The van der Waals surface area contributed by atoms with Gasteiger partial charge in [0.05, 0.1) is 26.2 Å². The second-order valence-corrected chi connectivity index (χ2v) is 7.14. The SMILES string of the molecule is COc1ccc(-c2nc(CSc3nnc(-c4ccco4)o3)cs2)cc1OC. The number of rotatable bonds is 7. The van der Waals surface area contributed by atoms with Gasteiger partial charge in [0, 0.05) is 16.7 Å². The fraction of sp³-hybridized carbons (Fsp3) is 0.167. The number of methoxy groups -OCH3 is 2. The Morgan fingerprint density at radius 2 is 2.00 bits per heavy atom. The lowest BCUT2D eigenvalue weighted by atomic mass is 10.2. The monoisotopic (exact) mass is 401 g/mol. The molecule has 27 heavy (non-hydrogen) atoms. The molecule has 9 heteroatoms. The summed E-state index contributed by atoms with van der Waals surface area (Å²) < 4.78 is 21.5. The fourth-order valence-electron chi connectivity index (χ4n) is 2.38. The molecule has 0 saturated carbocycles. The van der Waals surface area contributed by atoms with Gasteiger partial charge in [-0.25, -0.2) is 4.98 Å². The molecule has 138 valence electrons. The van der Waals surface area contributed by atoms with Gasteiger partial charge in [-0.05, 0) is 30.3 Å². The Bertz CT molecular complexity index is 1030. The first-order valence-electron chi connectivity index (χ1n) is 7.94. The third-order valence-corrected chi connectivity index (χ3v) is 5.46. The van der Waals surface area contributed by atoms with Gasteiger partial charge in [-0.3, -0.25) is 0 Å². The van der Waals surface area contributed by atoms with E-state index in [9.17, 15) is 0 Å². The first-order chi connectivity index (χ1) is 13.3. The summed E-state index contributed by atoms with van der Waals surface area (Å²) in [6.07, 6.45) is 1.57. The smallest absolute Gasteiger partial charge is 0.284 e. The molecule has 0 aliphatic heterocycles. The largest absolute Gasteiger partial charge is 0.493 e. The van der Waals surface area contributed by atoms with E-state index in [1.54, 1.807) is 44.0 Å². The van der Waals surface area contributed by atoms with Crippen LogP contribution >= 0.6 is 23.1 Å². The lowest BCUT2D eigenvalue weighted by Gasteiger charge is -2.08. The average Bonchev–Trinajstić information content (AvgIpc) is 3.46. The minimum absolute atomic E-state index is 0.367. The first-order valence-corrected chi connectivity index (χ1v) is 9.80. The Morgan fingerprint density at radius 1 is 1.11 bits per heavy atom. The predicted molar refractivity (Wildman–Crippen MR) is 102 cm³/mol. The van der Waals surface area contributed by atoms with E-state index in [-0.39, 0.29) is 0 Å². The van der Waals surface area contributed by atoms with E-state index in [0.717, 1.165) is 16.3 Å². The lowest BCUT2D eigenvalue weighted by Crippen LogP contribution is -1.90. The van der Waals surface area contributed by atoms with E-state index in [1.165, 1.54) is 11.8 Å². The second-order valence-electron chi connectivity index (χ2n) is 5.35. The zero-order valence-electron chi connectivity index (χ0n) is 14.5. The van der Waals surface area contributed by atoms with Crippen molar-refractivity contribution in [1.82, 2.24) is 15.2 Å². The minimum Gasteiger partial charge on any atom is -0.493 e. The Kier molecular flexibility index (Phi) is 5.12. The molecular formula is C18H15N3O4S2. The van der Waals surface area contributed by atoms with Crippen molar-refractivity contribution in [2.45, 2.75) is 11.0 Å². The van der Waals surface area contributed by atoms with Gasteiger partial charge in [-0.15, -0.1) is 21.5 Å². The van der Waals surface area contributed by atoms with E-state index >= 15 is 0 Å². The van der Waals surface area contributed by atoms with Crippen LogP contribution in [0.2, 0.25) is 0 Å². The van der Waals surface area contributed by atoms with Crippen molar-refractivity contribution in [3.63, 3.8) is 0 Å². The molecule has 3 heterocycles. The molecule has 0 amide bonds. The van der Waals surface area contributed by atoms with Crippen molar-refractivity contribution >= 4 is 23.1 Å². The van der Waals surface area contributed by atoms with Crippen LogP contribution < -0.4 is 9.47 Å². The van der Waals surface area contributed by atoms with Crippen LogP contribution in [0.1, 0.15) is 5.69 Å². The molecule has 0 N–H and O–H groups in total. The van der Waals surface area contributed by atoms with Gasteiger partial charge in [-0.2, -0.15) is 0 Å². The van der Waals surface area contributed by atoms with E-state index in [0.29, 0.717) is 34.1 Å². The van der Waals surface area contributed by atoms with Gasteiger partial charge in [0.2, 0.25) is 0 Å². The van der Waals surface area contributed by atoms with Crippen molar-refractivity contribution < 1.29 is 18.3 Å². The van der Waals surface area contributed by atoms with Crippen LogP contribution in [-0.2, 0) is 5.75 Å². The standard InChI is InChI=1S/C18H15N3O4S2/c1-22-13-6-5-11(8-15(13)23-2)17-19-12(9-26-17)10-27-18-21-20-16(25-18)14-4-3-7-24-14/h3-9H,10H2,1-2H3. The lowest BCUT2D eigenvalue weighted by molar-refractivity contribution is 0.355. The highest BCUT2D eigenvalue weighted by Crippen LogP contribution is 2.34. The third kappa shape index (κ3) is 3.83. The normalized spacial score (nSPS) is 10.9.